The number of aryl methyl sites for hydroxylation is 1. The summed E-state index contributed by atoms with van der Waals surface area (Å²) in [4.78, 5) is 11.0. The summed E-state index contributed by atoms with van der Waals surface area (Å²) in [7, 11) is 1.15. The van der Waals surface area contributed by atoms with Gasteiger partial charge in [0.2, 0.25) is 0 Å². The van der Waals surface area contributed by atoms with Gasteiger partial charge in [-0.1, -0.05) is 0 Å². The van der Waals surface area contributed by atoms with Gasteiger partial charge in [0, 0.05) is 5.69 Å². The number of alkyl halides is 2. The highest BCUT2D eigenvalue weighted by molar-refractivity contribution is 5.87. The van der Waals surface area contributed by atoms with E-state index >= 15 is 0 Å². The van der Waals surface area contributed by atoms with Crippen molar-refractivity contribution in [3.05, 3.63) is 23.5 Å². The summed E-state index contributed by atoms with van der Waals surface area (Å²) in [5.74, 6) is -0.756. The van der Waals surface area contributed by atoms with Crippen LogP contribution in [0.5, 0.6) is 0 Å². The van der Waals surface area contributed by atoms with Gasteiger partial charge in [-0.05, 0) is 19.1 Å². The van der Waals surface area contributed by atoms with Crippen molar-refractivity contribution in [3.63, 3.8) is 0 Å². The molecule has 0 saturated carbocycles. The second-order valence-electron chi connectivity index (χ2n) is 2.50. The van der Waals surface area contributed by atoms with E-state index in [1.54, 1.807) is 0 Å². The van der Waals surface area contributed by atoms with Crippen LogP contribution in [0.15, 0.2) is 12.1 Å². The monoisotopic (exact) mass is 189 g/mol. The van der Waals surface area contributed by atoms with Crippen LogP contribution in [0.4, 0.5) is 8.78 Å². The molecule has 0 amide bonds. The number of rotatable bonds is 2. The minimum absolute atomic E-state index is 0.130. The van der Waals surface area contributed by atoms with Gasteiger partial charge < -0.3 is 4.74 Å². The van der Waals surface area contributed by atoms with E-state index in [1.165, 1.54) is 19.1 Å². The summed E-state index contributed by atoms with van der Waals surface area (Å²) >= 11 is 0. The topological polar surface area (TPSA) is 31.2 Å². The van der Waals surface area contributed by atoms with Gasteiger partial charge >= 0.3 is 12.5 Å². The maximum absolute atomic E-state index is 12.4. The first kappa shape index (κ1) is 9.70. The van der Waals surface area contributed by atoms with Gasteiger partial charge in [0.05, 0.1) is 7.11 Å². The Morgan fingerprint density at radius 2 is 2.15 bits per heavy atom. The molecule has 0 aliphatic rings. The number of halogens is 2. The van der Waals surface area contributed by atoms with E-state index in [2.05, 4.69) is 4.74 Å². The SMILES string of the molecule is COC(=O)c1ccc(C)n1C(F)F. The molecule has 1 aromatic rings. The van der Waals surface area contributed by atoms with Crippen molar-refractivity contribution in [1.29, 1.82) is 0 Å². The maximum atomic E-state index is 12.4. The van der Waals surface area contributed by atoms with Crippen molar-refractivity contribution in [2.45, 2.75) is 13.5 Å². The molecule has 0 radical (unpaired) electrons. The Morgan fingerprint density at radius 1 is 1.54 bits per heavy atom. The Morgan fingerprint density at radius 3 is 2.62 bits per heavy atom. The average molecular weight is 189 g/mol. The van der Waals surface area contributed by atoms with E-state index in [0.29, 0.717) is 10.3 Å². The number of hydrogen-bond acceptors (Lipinski definition) is 2. The molecule has 1 rings (SSSR count). The minimum Gasteiger partial charge on any atom is -0.464 e. The predicted molar refractivity (Wildman–Crippen MR) is 41.8 cm³/mol. The van der Waals surface area contributed by atoms with E-state index in [1.807, 2.05) is 0 Å². The number of ether oxygens (including phenoxy) is 1. The van der Waals surface area contributed by atoms with Crippen molar-refractivity contribution in [3.8, 4) is 0 Å². The fourth-order valence-electron chi connectivity index (χ4n) is 1.08. The summed E-state index contributed by atoms with van der Waals surface area (Å²) in [6.07, 6.45) is 0. The molecule has 0 saturated heterocycles. The predicted octanol–water partition coefficient (Wildman–Crippen LogP) is 1.98. The largest absolute Gasteiger partial charge is 0.464 e. The first-order valence-corrected chi connectivity index (χ1v) is 3.62. The highest BCUT2D eigenvalue weighted by Gasteiger charge is 2.18. The van der Waals surface area contributed by atoms with Crippen LogP contribution in [0.25, 0.3) is 0 Å². The van der Waals surface area contributed by atoms with Gasteiger partial charge in [-0.25, -0.2) is 4.79 Å². The second-order valence-corrected chi connectivity index (χ2v) is 2.50. The highest BCUT2D eigenvalue weighted by Crippen LogP contribution is 2.18. The van der Waals surface area contributed by atoms with Crippen molar-refractivity contribution in [2.24, 2.45) is 0 Å². The van der Waals surface area contributed by atoms with Crippen LogP contribution in [0.3, 0.4) is 0 Å². The van der Waals surface area contributed by atoms with Crippen LogP contribution in [-0.2, 0) is 4.74 Å². The fourth-order valence-corrected chi connectivity index (χ4v) is 1.08. The number of aromatic nitrogens is 1. The second kappa shape index (κ2) is 3.55. The molecule has 0 aromatic carbocycles. The molecule has 72 valence electrons. The number of esters is 1. The maximum Gasteiger partial charge on any atom is 0.354 e. The standard InChI is InChI=1S/C8H9F2NO2/c1-5-3-4-6(7(12)13-2)11(5)8(9)10/h3-4,8H,1-2H3. The van der Waals surface area contributed by atoms with Gasteiger partial charge in [0.1, 0.15) is 5.69 Å². The van der Waals surface area contributed by atoms with Crippen molar-refractivity contribution >= 4 is 5.97 Å². The van der Waals surface area contributed by atoms with Gasteiger partial charge in [-0.2, -0.15) is 8.78 Å². The highest BCUT2D eigenvalue weighted by atomic mass is 19.3. The van der Waals surface area contributed by atoms with Gasteiger partial charge in [-0.3, -0.25) is 4.57 Å². The van der Waals surface area contributed by atoms with Gasteiger partial charge in [0.25, 0.3) is 0 Å². The molecule has 0 unspecified atom stereocenters. The molecular weight excluding hydrogens is 180 g/mol. The summed E-state index contributed by atoms with van der Waals surface area (Å²) in [5, 5.41) is 0. The smallest absolute Gasteiger partial charge is 0.354 e. The third-order valence-corrected chi connectivity index (χ3v) is 1.71. The molecule has 0 bridgehead atoms. The van der Waals surface area contributed by atoms with Crippen molar-refractivity contribution < 1.29 is 18.3 Å². The summed E-state index contributed by atoms with van der Waals surface area (Å²) < 4.78 is 29.7. The quantitative estimate of drug-likeness (QED) is 0.666. The summed E-state index contributed by atoms with van der Waals surface area (Å²) in [6.45, 7) is -1.22. The van der Waals surface area contributed by atoms with E-state index in [-0.39, 0.29) is 5.69 Å². The summed E-state index contributed by atoms with van der Waals surface area (Å²) in [5.41, 5.74) is 0.199. The fraction of sp³-hybridized carbons (Fsp3) is 0.375. The van der Waals surface area contributed by atoms with Crippen LogP contribution in [0.1, 0.15) is 22.7 Å². The number of hydrogen-bond donors (Lipinski definition) is 0. The molecule has 3 nitrogen and oxygen atoms in total. The molecule has 13 heavy (non-hydrogen) atoms. The molecule has 0 spiro atoms. The zero-order valence-corrected chi connectivity index (χ0v) is 7.25. The van der Waals surface area contributed by atoms with Gasteiger partial charge in [0.15, 0.2) is 0 Å². The van der Waals surface area contributed by atoms with E-state index in [9.17, 15) is 13.6 Å². The lowest BCUT2D eigenvalue weighted by atomic mass is 10.4. The lowest BCUT2D eigenvalue weighted by Gasteiger charge is -2.07. The molecule has 1 heterocycles. The number of carbonyl (C=O) groups excluding carboxylic acids is 1. The Bertz CT molecular complexity index is 320. The van der Waals surface area contributed by atoms with Crippen LogP contribution >= 0.6 is 0 Å². The van der Waals surface area contributed by atoms with Crippen LogP contribution < -0.4 is 0 Å². The third kappa shape index (κ3) is 1.68. The first-order chi connectivity index (χ1) is 6.07. The van der Waals surface area contributed by atoms with Crippen molar-refractivity contribution in [2.75, 3.05) is 7.11 Å². The van der Waals surface area contributed by atoms with Gasteiger partial charge in [-0.15, -0.1) is 0 Å². The Kier molecular flexibility index (Phi) is 2.65. The molecule has 0 atom stereocenters. The molecule has 0 aliphatic heterocycles. The number of nitrogens with zero attached hydrogens (tertiary/aromatic N) is 1. The Labute approximate surface area is 73.9 Å². The molecule has 0 aliphatic carbocycles. The van der Waals surface area contributed by atoms with E-state index in [0.717, 1.165) is 7.11 Å². The van der Waals surface area contributed by atoms with Crippen LogP contribution in [0.2, 0.25) is 0 Å². The number of methoxy groups -OCH3 is 1. The van der Waals surface area contributed by atoms with Crippen molar-refractivity contribution in [1.82, 2.24) is 4.57 Å². The lowest BCUT2D eigenvalue weighted by molar-refractivity contribution is 0.0459. The average Bonchev–Trinajstić information content (AvgIpc) is 2.45. The molecule has 0 N–H and O–H groups in total. The molecule has 1 aromatic heterocycles. The molecular formula is C8H9F2NO2. The van der Waals surface area contributed by atoms with Crippen LogP contribution in [0, 0.1) is 6.92 Å². The lowest BCUT2D eigenvalue weighted by Crippen LogP contribution is -2.12. The summed E-state index contributed by atoms with van der Waals surface area (Å²) in [6, 6.07) is 2.76. The van der Waals surface area contributed by atoms with Crippen LogP contribution in [-0.4, -0.2) is 17.6 Å². The molecule has 5 heteroatoms. The zero-order chi connectivity index (χ0) is 10.0. The normalized spacial score (nSPS) is 10.5. The number of carbonyl (C=O) groups is 1. The third-order valence-electron chi connectivity index (χ3n) is 1.71. The van der Waals surface area contributed by atoms with E-state index in [4.69, 9.17) is 0 Å². The zero-order valence-electron chi connectivity index (χ0n) is 7.25. The Hall–Kier alpha value is -1.39. The minimum atomic E-state index is -2.72. The van der Waals surface area contributed by atoms with E-state index < -0.39 is 12.5 Å². The Balaban J connectivity index is 3.15. The first-order valence-electron chi connectivity index (χ1n) is 3.62. The molecule has 0 fully saturated rings.